The Hall–Kier alpha value is -1.15. The van der Waals surface area contributed by atoms with E-state index in [0.717, 1.165) is 33.9 Å². The molecule has 4 nitrogen and oxygen atoms in total. The number of anilines is 1. The van der Waals surface area contributed by atoms with E-state index in [9.17, 15) is 4.39 Å². The molecule has 0 aliphatic carbocycles. The van der Waals surface area contributed by atoms with Gasteiger partial charge in [-0.3, -0.25) is 4.57 Å². The average Bonchev–Trinajstić information content (AvgIpc) is 2.76. The number of ether oxygens (including phenoxy) is 1. The molecule has 1 aromatic carbocycles. The molecule has 0 radical (unpaired) electrons. The predicted octanol–water partition coefficient (Wildman–Crippen LogP) is 3.37. The number of aromatic nitrogens is 2. The third kappa shape index (κ3) is 3.69. The van der Waals surface area contributed by atoms with Crippen LogP contribution >= 0.6 is 22.6 Å². The minimum Gasteiger partial charge on any atom is -0.385 e. The number of aryl methyl sites for hydroxylation is 1. The van der Waals surface area contributed by atoms with Crippen LogP contribution in [0.2, 0.25) is 0 Å². The van der Waals surface area contributed by atoms with Crippen LogP contribution in [0.4, 0.5) is 10.3 Å². The maximum absolute atomic E-state index is 13.2. The Bertz CT molecular complexity index is 586. The maximum Gasteiger partial charge on any atom is 0.207 e. The first-order valence-corrected chi connectivity index (χ1v) is 7.44. The fraction of sp³-hybridized carbons (Fsp3) is 0.357. The van der Waals surface area contributed by atoms with Gasteiger partial charge in [-0.2, -0.15) is 0 Å². The van der Waals surface area contributed by atoms with Gasteiger partial charge < -0.3 is 10.1 Å². The van der Waals surface area contributed by atoms with Crippen LogP contribution in [0.3, 0.4) is 0 Å². The summed E-state index contributed by atoms with van der Waals surface area (Å²) in [6, 6.07) is 4.74. The number of imidazole rings is 1. The summed E-state index contributed by atoms with van der Waals surface area (Å²) in [5.74, 6) is 0.535. The van der Waals surface area contributed by atoms with Gasteiger partial charge in [0.05, 0.1) is 11.4 Å². The molecule has 0 spiro atoms. The van der Waals surface area contributed by atoms with Crippen LogP contribution in [0.5, 0.6) is 0 Å². The van der Waals surface area contributed by atoms with Crippen molar-refractivity contribution in [3.05, 3.63) is 39.5 Å². The molecule has 2 rings (SSSR count). The van der Waals surface area contributed by atoms with Gasteiger partial charge in [0.25, 0.3) is 0 Å². The molecular weight excluding hydrogens is 372 g/mol. The molecule has 0 bridgehead atoms. The number of hydrogen-bond donors (Lipinski definition) is 1. The standard InChI is InChI=1S/C14H17FIN3O/c1-10-9-19(13-5-4-11(15)8-12(13)16)14(18-10)17-6-3-7-20-2/h4-5,8-9H,3,6-7H2,1-2H3,(H,17,18). The first-order valence-electron chi connectivity index (χ1n) is 6.36. The summed E-state index contributed by atoms with van der Waals surface area (Å²) in [6.07, 6.45) is 2.84. The van der Waals surface area contributed by atoms with Gasteiger partial charge in [-0.15, -0.1) is 0 Å². The number of methoxy groups -OCH3 is 1. The number of benzene rings is 1. The van der Waals surface area contributed by atoms with Gasteiger partial charge >= 0.3 is 0 Å². The molecule has 0 saturated heterocycles. The van der Waals surface area contributed by atoms with E-state index in [0.29, 0.717) is 6.61 Å². The molecule has 0 saturated carbocycles. The summed E-state index contributed by atoms with van der Waals surface area (Å²) in [7, 11) is 1.69. The van der Waals surface area contributed by atoms with Gasteiger partial charge in [-0.05, 0) is 54.1 Å². The molecule has 0 fully saturated rings. The average molecular weight is 389 g/mol. The number of halogens is 2. The molecule has 0 amide bonds. The SMILES string of the molecule is COCCCNc1nc(C)cn1-c1ccc(F)cc1I. The molecule has 20 heavy (non-hydrogen) atoms. The van der Waals surface area contributed by atoms with E-state index in [1.165, 1.54) is 12.1 Å². The van der Waals surface area contributed by atoms with Gasteiger partial charge in [-0.25, -0.2) is 9.37 Å². The number of nitrogens with one attached hydrogen (secondary N) is 1. The summed E-state index contributed by atoms with van der Waals surface area (Å²) in [6.45, 7) is 3.43. The van der Waals surface area contributed by atoms with Crippen molar-refractivity contribution in [2.24, 2.45) is 0 Å². The highest BCUT2D eigenvalue weighted by atomic mass is 127. The van der Waals surface area contributed by atoms with Crippen LogP contribution in [-0.4, -0.2) is 29.8 Å². The lowest BCUT2D eigenvalue weighted by molar-refractivity contribution is 0.197. The van der Waals surface area contributed by atoms with Crippen LogP contribution < -0.4 is 5.32 Å². The van der Waals surface area contributed by atoms with Crippen LogP contribution in [0.15, 0.2) is 24.4 Å². The van der Waals surface area contributed by atoms with E-state index in [1.54, 1.807) is 13.2 Å². The topological polar surface area (TPSA) is 39.1 Å². The van der Waals surface area contributed by atoms with Gasteiger partial charge in [0.2, 0.25) is 5.95 Å². The maximum atomic E-state index is 13.2. The van der Waals surface area contributed by atoms with Gasteiger partial charge in [0, 0.05) is 30.0 Å². The monoisotopic (exact) mass is 389 g/mol. The molecule has 0 atom stereocenters. The minimum atomic E-state index is -0.232. The number of nitrogens with zero attached hydrogens (tertiary/aromatic N) is 2. The van der Waals surface area contributed by atoms with Crippen molar-refractivity contribution in [1.29, 1.82) is 0 Å². The van der Waals surface area contributed by atoms with E-state index in [-0.39, 0.29) is 5.82 Å². The molecule has 0 unspecified atom stereocenters. The Morgan fingerprint density at radius 3 is 2.95 bits per heavy atom. The fourth-order valence-electron chi connectivity index (χ4n) is 1.90. The second-order valence-corrected chi connectivity index (χ2v) is 5.61. The predicted molar refractivity (Wildman–Crippen MR) is 86.0 cm³/mol. The number of hydrogen-bond acceptors (Lipinski definition) is 3. The van der Waals surface area contributed by atoms with Crippen LogP contribution in [0.1, 0.15) is 12.1 Å². The highest BCUT2D eigenvalue weighted by molar-refractivity contribution is 14.1. The van der Waals surface area contributed by atoms with Crippen molar-refractivity contribution in [1.82, 2.24) is 9.55 Å². The summed E-state index contributed by atoms with van der Waals surface area (Å²) in [4.78, 5) is 4.46. The lowest BCUT2D eigenvalue weighted by Crippen LogP contribution is -2.10. The zero-order valence-corrected chi connectivity index (χ0v) is 13.6. The fourth-order valence-corrected chi connectivity index (χ4v) is 2.64. The summed E-state index contributed by atoms with van der Waals surface area (Å²) < 4.78 is 21.0. The molecule has 0 aliphatic rings. The first-order chi connectivity index (χ1) is 9.61. The molecule has 0 aliphatic heterocycles. The summed E-state index contributed by atoms with van der Waals surface area (Å²) >= 11 is 2.13. The quantitative estimate of drug-likeness (QED) is 0.608. The lowest BCUT2D eigenvalue weighted by atomic mass is 10.3. The van der Waals surface area contributed by atoms with Crippen LogP contribution in [0.25, 0.3) is 5.69 Å². The third-order valence-corrected chi connectivity index (χ3v) is 3.67. The second kappa shape index (κ2) is 7.03. The molecule has 108 valence electrons. The lowest BCUT2D eigenvalue weighted by Gasteiger charge is -2.11. The number of rotatable bonds is 6. The van der Waals surface area contributed by atoms with Crippen molar-refractivity contribution in [3.8, 4) is 5.69 Å². The molecule has 2 aromatic rings. The highest BCUT2D eigenvalue weighted by Gasteiger charge is 2.10. The molecular formula is C14H17FIN3O. The van der Waals surface area contributed by atoms with E-state index in [1.807, 2.05) is 17.7 Å². The van der Waals surface area contributed by atoms with Crippen molar-refractivity contribution in [2.75, 3.05) is 25.6 Å². The van der Waals surface area contributed by atoms with Crippen molar-refractivity contribution < 1.29 is 9.13 Å². The van der Waals surface area contributed by atoms with E-state index < -0.39 is 0 Å². The Morgan fingerprint density at radius 2 is 2.25 bits per heavy atom. The highest BCUT2D eigenvalue weighted by Crippen LogP contribution is 2.22. The third-order valence-electron chi connectivity index (χ3n) is 2.80. The Labute approximate surface area is 131 Å². The normalized spacial score (nSPS) is 10.8. The van der Waals surface area contributed by atoms with Gasteiger partial charge in [0.1, 0.15) is 5.82 Å². The minimum absolute atomic E-state index is 0.232. The molecule has 6 heteroatoms. The van der Waals surface area contributed by atoms with Crippen LogP contribution in [-0.2, 0) is 4.74 Å². The molecule has 1 heterocycles. The summed E-state index contributed by atoms with van der Waals surface area (Å²) in [5.41, 5.74) is 1.83. The van der Waals surface area contributed by atoms with E-state index in [2.05, 4.69) is 32.9 Å². The summed E-state index contributed by atoms with van der Waals surface area (Å²) in [5, 5.41) is 3.28. The van der Waals surface area contributed by atoms with Crippen LogP contribution in [0, 0.1) is 16.3 Å². The first kappa shape index (κ1) is 15.2. The van der Waals surface area contributed by atoms with E-state index in [4.69, 9.17) is 4.74 Å². The molecule has 1 N–H and O–H groups in total. The van der Waals surface area contributed by atoms with Gasteiger partial charge in [0.15, 0.2) is 0 Å². The smallest absolute Gasteiger partial charge is 0.207 e. The molecule has 1 aromatic heterocycles. The largest absolute Gasteiger partial charge is 0.385 e. The Balaban J connectivity index is 2.22. The Morgan fingerprint density at radius 1 is 1.45 bits per heavy atom. The van der Waals surface area contributed by atoms with Crippen molar-refractivity contribution in [3.63, 3.8) is 0 Å². The zero-order valence-electron chi connectivity index (χ0n) is 11.5. The zero-order chi connectivity index (χ0) is 14.5. The van der Waals surface area contributed by atoms with Gasteiger partial charge in [-0.1, -0.05) is 0 Å². The van der Waals surface area contributed by atoms with Crippen molar-refractivity contribution in [2.45, 2.75) is 13.3 Å². The second-order valence-electron chi connectivity index (χ2n) is 4.44. The van der Waals surface area contributed by atoms with Crippen molar-refractivity contribution >= 4 is 28.5 Å². The Kier molecular flexibility index (Phi) is 5.36. The van der Waals surface area contributed by atoms with E-state index >= 15 is 0 Å².